The van der Waals surface area contributed by atoms with Crippen molar-refractivity contribution in [2.24, 2.45) is 0 Å². The SMILES string of the molecule is Cc1csc(C(C)(C)C)cc1=S. The van der Waals surface area contributed by atoms with Crippen LogP contribution < -0.4 is 0 Å². The zero-order chi connectivity index (χ0) is 9.35. The van der Waals surface area contributed by atoms with E-state index in [1.807, 2.05) is 0 Å². The zero-order valence-electron chi connectivity index (χ0n) is 7.97. The molecule has 12 heavy (non-hydrogen) atoms. The highest BCUT2D eigenvalue weighted by Crippen LogP contribution is 2.26. The summed E-state index contributed by atoms with van der Waals surface area (Å²) in [6.45, 7) is 8.69. The Kier molecular flexibility index (Phi) is 2.69. The van der Waals surface area contributed by atoms with Gasteiger partial charge >= 0.3 is 0 Å². The van der Waals surface area contributed by atoms with Crippen molar-refractivity contribution in [3.8, 4) is 0 Å². The van der Waals surface area contributed by atoms with Crippen LogP contribution in [0.15, 0.2) is 11.4 Å². The highest BCUT2D eigenvalue weighted by Gasteiger charge is 2.14. The summed E-state index contributed by atoms with van der Waals surface area (Å²) in [5.74, 6) is 0. The molecule has 1 aromatic heterocycles. The lowest BCUT2D eigenvalue weighted by atomic mass is 9.95. The molecule has 0 aliphatic rings. The van der Waals surface area contributed by atoms with Crippen molar-refractivity contribution in [3.63, 3.8) is 0 Å². The molecule has 0 nitrogen and oxygen atoms in total. The summed E-state index contributed by atoms with van der Waals surface area (Å²) in [6.07, 6.45) is 0. The Bertz CT molecular complexity index is 328. The minimum Gasteiger partial charge on any atom is -0.148 e. The van der Waals surface area contributed by atoms with Crippen LogP contribution in [-0.4, -0.2) is 0 Å². The number of rotatable bonds is 0. The predicted octanol–water partition coefficient (Wildman–Crippen LogP) is 4.08. The van der Waals surface area contributed by atoms with E-state index in [1.54, 1.807) is 11.3 Å². The summed E-state index contributed by atoms with van der Waals surface area (Å²) >= 11 is 7.01. The summed E-state index contributed by atoms with van der Waals surface area (Å²) in [4.78, 5) is 1.36. The van der Waals surface area contributed by atoms with Gasteiger partial charge in [-0.2, -0.15) is 0 Å². The molecule has 0 aliphatic carbocycles. The monoisotopic (exact) mass is 198 g/mol. The fourth-order valence-electron chi connectivity index (χ4n) is 0.870. The van der Waals surface area contributed by atoms with Crippen molar-refractivity contribution in [2.75, 3.05) is 0 Å². The van der Waals surface area contributed by atoms with Crippen LogP contribution >= 0.6 is 23.6 Å². The number of hydrogen-bond acceptors (Lipinski definition) is 2. The summed E-state index contributed by atoms with van der Waals surface area (Å²) in [5.41, 5.74) is 1.44. The lowest BCUT2D eigenvalue weighted by Gasteiger charge is -2.17. The van der Waals surface area contributed by atoms with Gasteiger partial charge in [-0.1, -0.05) is 33.0 Å². The number of hydrogen-bond donors (Lipinski definition) is 0. The maximum Gasteiger partial charge on any atom is 0.0425 e. The molecule has 0 aliphatic heterocycles. The first-order valence-electron chi connectivity index (χ1n) is 4.01. The fraction of sp³-hybridized carbons (Fsp3) is 0.500. The molecule has 0 saturated heterocycles. The Morgan fingerprint density at radius 1 is 1.33 bits per heavy atom. The first kappa shape index (κ1) is 9.87. The van der Waals surface area contributed by atoms with Gasteiger partial charge in [-0.25, -0.2) is 0 Å². The van der Waals surface area contributed by atoms with Crippen LogP contribution in [0, 0.1) is 11.4 Å². The standard InChI is InChI=1S/C10H14S2/c1-7-6-12-9(5-8(7)11)10(2,3)4/h5-6H,1-4H3. The van der Waals surface area contributed by atoms with Crippen molar-refractivity contribution in [2.45, 2.75) is 33.1 Å². The lowest BCUT2D eigenvalue weighted by molar-refractivity contribution is 0.603. The van der Waals surface area contributed by atoms with Crippen LogP contribution in [0.3, 0.4) is 0 Å². The second kappa shape index (κ2) is 3.27. The first-order valence-corrected chi connectivity index (χ1v) is 5.30. The van der Waals surface area contributed by atoms with Crippen LogP contribution in [0.1, 0.15) is 31.2 Å². The molecule has 2 heteroatoms. The predicted molar refractivity (Wildman–Crippen MR) is 58.6 cm³/mol. The Morgan fingerprint density at radius 2 is 1.92 bits per heavy atom. The molecule has 66 valence electrons. The van der Waals surface area contributed by atoms with E-state index in [1.165, 1.54) is 10.4 Å². The van der Waals surface area contributed by atoms with E-state index < -0.39 is 0 Å². The van der Waals surface area contributed by atoms with Gasteiger partial charge in [-0.05, 0) is 29.3 Å². The third kappa shape index (κ3) is 2.14. The minimum absolute atomic E-state index is 0.228. The molecular weight excluding hydrogens is 184 g/mol. The van der Waals surface area contributed by atoms with Gasteiger partial charge in [-0.3, -0.25) is 0 Å². The van der Waals surface area contributed by atoms with Crippen LogP contribution in [0.25, 0.3) is 0 Å². The van der Waals surface area contributed by atoms with Gasteiger partial charge in [0.15, 0.2) is 0 Å². The second-order valence-electron chi connectivity index (χ2n) is 4.04. The minimum atomic E-state index is 0.228. The fourth-order valence-corrected chi connectivity index (χ4v) is 2.17. The van der Waals surface area contributed by atoms with Gasteiger partial charge in [-0.15, -0.1) is 11.3 Å². The molecule has 1 heterocycles. The molecule has 0 radical (unpaired) electrons. The van der Waals surface area contributed by atoms with E-state index in [-0.39, 0.29) is 5.41 Å². The second-order valence-corrected chi connectivity index (χ2v) is 5.39. The van der Waals surface area contributed by atoms with Gasteiger partial charge in [0.25, 0.3) is 0 Å². The lowest BCUT2D eigenvalue weighted by Crippen LogP contribution is -2.09. The molecule has 0 saturated carbocycles. The van der Waals surface area contributed by atoms with E-state index in [4.69, 9.17) is 12.2 Å². The van der Waals surface area contributed by atoms with Crippen molar-refractivity contribution in [1.82, 2.24) is 0 Å². The molecule has 0 unspecified atom stereocenters. The zero-order valence-corrected chi connectivity index (χ0v) is 9.60. The Hall–Kier alpha value is -0.210. The molecule has 0 N–H and O–H groups in total. The van der Waals surface area contributed by atoms with E-state index >= 15 is 0 Å². The molecule has 0 aromatic carbocycles. The maximum atomic E-state index is 5.22. The van der Waals surface area contributed by atoms with Gasteiger partial charge in [0.05, 0.1) is 0 Å². The van der Waals surface area contributed by atoms with Crippen LogP contribution in [0.4, 0.5) is 0 Å². The summed E-state index contributed by atoms with van der Waals surface area (Å²) in [7, 11) is 0. The molecular formula is C10H14S2. The van der Waals surface area contributed by atoms with Gasteiger partial charge in [0.2, 0.25) is 0 Å². The van der Waals surface area contributed by atoms with Crippen molar-refractivity contribution in [1.29, 1.82) is 0 Å². The van der Waals surface area contributed by atoms with E-state index in [0.29, 0.717) is 0 Å². The number of aryl methyl sites for hydroxylation is 1. The molecule has 1 aromatic rings. The smallest absolute Gasteiger partial charge is 0.0425 e. The average molecular weight is 198 g/mol. The Labute approximate surface area is 83.3 Å². The summed E-state index contributed by atoms with van der Waals surface area (Å²) < 4.78 is 0.985. The third-order valence-corrected chi connectivity index (χ3v) is 3.65. The summed E-state index contributed by atoms with van der Waals surface area (Å²) in [6, 6.07) is 2.12. The largest absolute Gasteiger partial charge is 0.148 e. The quantitative estimate of drug-likeness (QED) is 0.566. The maximum absolute atomic E-state index is 5.22. The van der Waals surface area contributed by atoms with Crippen molar-refractivity contribution >= 4 is 23.6 Å². The Balaban J connectivity index is 3.23. The van der Waals surface area contributed by atoms with Crippen LogP contribution in [0.5, 0.6) is 0 Å². The summed E-state index contributed by atoms with van der Waals surface area (Å²) in [5, 5.41) is 2.14. The van der Waals surface area contributed by atoms with Crippen molar-refractivity contribution < 1.29 is 0 Å². The molecule has 0 spiro atoms. The molecule has 0 atom stereocenters. The highest BCUT2D eigenvalue weighted by molar-refractivity contribution is 7.71. The van der Waals surface area contributed by atoms with E-state index in [9.17, 15) is 0 Å². The molecule has 0 amide bonds. The highest BCUT2D eigenvalue weighted by atomic mass is 32.1. The topological polar surface area (TPSA) is 0 Å². The van der Waals surface area contributed by atoms with E-state index in [0.717, 1.165) is 4.51 Å². The molecule has 0 bridgehead atoms. The average Bonchev–Trinajstić information content (AvgIpc) is 1.92. The van der Waals surface area contributed by atoms with Crippen LogP contribution in [0.2, 0.25) is 0 Å². The van der Waals surface area contributed by atoms with Gasteiger partial charge < -0.3 is 0 Å². The van der Waals surface area contributed by atoms with Crippen LogP contribution in [-0.2, 0) is 5.41 Å². The van der Waals surface area contributed by atoms with Gasteiger partial charge in [0.1, 0.15) is 0 Å². The van der Waals surface area contributed by atoms with Gasteiger partial charge in [0, 0.05) is 9.39 Å². The van der Waals surface area contributed by atoms with Crippen molar-refractivity contribution in [3.05, 3.63) is 26.4 Å². The third-order valence-electron chi connectivity index (χ3n) is 1.75. The molecule has 1 rings (SSSR count). The Morgan fingerprint density at radius 3 is 2.33 bits per heavy atom. The first-order chi connectivity index (χ1) is 5.41. The van der Waals surface area contributed by atoms with E-state index in [2.05, 4.69) is 39.1 Å². The molecule has 0 fully saturated rings. The normalized spacial score (nSPS) is 11.7.